The Morgan fingerprint density at radius 3 is 2.47 bits per heavy atom. The Morgan fingerprint density at radius 1 is 1.32 bits per heavy atom. The molecule has 1 heterocycles. The maximum Gasteiger partial charge on any atom is 0.393 e. The molecule has 2 atom stereocenters. The molecule has 0 aromatic carbocycles. The molecule has 0 spiro atoms. The molecule has 0 aromatic rings. The topological polar surface area (TPSA) is 84.2 Å². The van der Waals surface area contributed by atoms with Crippen molar-refractivity contribution < 1.29 is 22.8 Å². The molecule has 5 nitrogen and oxygen atoms in total. The molecular formula is C11H18F3N3O2. The Labute approximate surface area is 109 Å². The Balaban J connectivity index is 2.23. The number of nitrogens with two attached hydrogens (primary N) is 1. The molecule has 1 saturated heterocycles. The van der Waals surface area contributed by atoms with Gasteiger partial charge >= 0.3 is 6.18 Å². The van der Waals surface area contributed by atoms with Gasteiger partial charge in [-0.15, -0.1) is 0 Å². The number of amides is 2. The molecule has 4 N–H and O–H groups in total. The van der Waals surface area contributed by atoms with Gasteiger partial charge in [-0.3, -0.25) is 9.59 Å². The zero-order chi connectivity index (χ0) is 14.5. The number of primary amides is 1. The second-order valence-electron chi connectivity index (χ2n) is 4.64. The molecule has 19 heavy (non-hydrogen) atoms. The van der Waals surface area contributed by atoms with Crippen LogP contribution in [0.5, 0.6) is 0 Å². The van der Waals surface area contributed by atoms with E-state index in [0.717, 1.165) is 0 Å². The average Bonchev–Trinajstić information content (AvgIpc) is 2.33. The summed E-state index contributed by atoms with van der Waals surface area (Å²) in [6.45, 7) is 0.0610. The van der Waals surface area contributed by atoms with E-state index >= 15 is 0 Å². The van der Waals surface area contributed by atoms with Gasteiger partial charge < -0.3 is 16.4 Å². The molecule has 1 fully saturated rings. The summed E-state index contributed by atoms with van der Waals surface area (Å²) in [6, 6.07) is -0.591. The fraction of sp³-hybridized carbons (Fsp3) is 0.818. The van der Waals surface area contributed by atoms with Crippen LogP contribution in [0.4, 0.5) is 13.2 Å². The highest BCUT2D eigenvalue weighted by molar-refractivity contribution is 5.81. The van der Waals surface area contributed by atoms with E-state index in [1.807, 2.05) is 0 Å². The number of hydrogen-bond donors (Lipinski definition) is 3. The van der Waals surface area contributed by atoms with Gasteiger partial charge in [-0.1, -0.05) is 0 Å². The average molecular weight is 281 g/mol. The predicted molar refractivity (Wildman–Crippen MR) is 62.0 cm³/mol. The van der Waals surface area contributed by atoms with Crippen molar-refractivity contribution in [3.05, 3.63) is 0 Å². The predicted octanol–water partition coefficient (Wildman–Crippen LogP) is 0.299. The summed E-state index contributed by atoms with van der Waals surface area (Å²) in [4.78, 5) is 22.1. The van der Waals surface area contributed by atoms with Crippen LogP contribution < -0.4 is 16.4 Å². The molecule has 8 heteroatoms. The lowest BCUT2D eigenvalue weighted by molar-refractivity contribution is -0.180. The normalized spacial score (nSPS) is 23.9. The quantitative estimate of drug-likeness (QED) is 0.634. The molecule has 2 unspecified atom stereocenters. The van der Waals surface area contributed by atoms with Crippen LogP contribution in [0.1, 0.15) is 25.7 Å². The molecular weight excluding hydrogens is 263 g/mol. The third kappa shape index (κ3) is 5.46. The number of alkyl halides is 3. The number of nitrogens with one attached hydrogen (secondary N) is 2. The van der Waals surface area contributed by atoms with Gasteiger partial charge in [0.1, 0.15) is 0 Å². The highest BCUT2D eigenvalue weighted by Crippen LogP contribution is 2.31. The standard InChI is InChI=1S/C11H18F3N3O2/c12-11(13,14)7-3-4-8(17-6-7)10(19)16-5-1-2-9(15)18/h7-8,17H,1-6H2,(H2,15,18)(H,16,19). The Bertz CT molecular complexity index is 326. The van der Waals surface area contributed by atoms with Crippen molar-refractivity contribution in [2.75, 3.05) is 13.1 Å². The van der Waals surface area contributed by atoms with Crippen molar-refractivity contribution in [3.63, 3.8) is 0 Å². The number of carbonyl (C=O) groups is 2. The third-order valence-electron chi connectivity index (χ3n) is 3.09. The zero-order valence-corrected chi connectivity index (χ0v) is 10.4. The first kappa shape index (κ1) is 15.7. The third-order valence-corrected chi connectivity index (χ3v) is 3.09. The Morgan fingerprint density at radius 2 is 2.00 bits per heavy atom. The minimum Gasteiger partial charge on any atom is -0.370 e. The fourth-order valence-corrected chi connectivity index (χ4v) is 1.96. The highest BCUT2D eigenvalue weighted by atomic mass is 19.4. The van der Waals surface area contributed by atoms with Crippen molar-refractivity contribution in [1.29, 1.82) is 0 Å². The van der Waals surface area contributed by atoms with Crippen molar-refractivity contribution in [2.45, 2.75) is 37.9 Å². The van der Waals surface area contributed by atoms with Crippen molar-refractivity contribution in [3.8, 4) is 0 Å². The molecule has 0 radical (unpaired) electrons. The van der Waals surface area contributed by atoms with Gasteiger partial charge in [0.05, 0.1) is 12.0 Å². The first-order chi connectivity index (χ1) is 8.80. The molecule has 0 bridgehead atoms. The van der Waals surface area contributed by atoms with E-state index in [9.17, 15) is 22.8 Å². The molecule has 0 aliphatic carbocycles. The van der Waals surface area contributed by atoms with Crippen molar-refractivity contribution in [2.24, 2.45) is 11.7 Å². The van der Waals surface area contributed by atoms with E-state index in [0.29, 0.717) is 13.0 Å². The lowest BCUT2D eigenvalue weighted by Gasteiger charge is -2.30. The van der Waals surface area contributed by atoms with Crippen LogP contribution >= 0.6 is 0 Å². The summed E-state index contributed by atoms with van der Waals surface area (Å²) in [7, 11) is 0. The summed E-state index contributed by atoms with van der Waals surface area (Å²) in [5, 5.41) is 5.17. The van der Waals surface area contributed by atoms with Crippen molar-refractivity contribution >= 4 is 11.8 Å². The lowest BCUT2D eigenvalue weighted by atomic mass is 9.94. The maximum atomic E-state index is 12.4. The van der Waals surface area contributed by atoms with Gasteiger partial charge in [0.2, 0.25) is 11.8 Å². The maximum absolute atomic E-state index is 12.4. The van der Waals surface area contributed by atoms with Crippen molar-refractivity contribution in [1.82, 2.24) is 10.6 Å². The Hall–Kier alpha value is -1.31. The monoisotopic (exact) mass is 281 g/mol. The molecule has 2 amide bonds. The zero-order valence-electron chi connectivity index (χ0n) is 10.4. The van der Waals surface area contributed by atoms with E-state index in [1.54, 1.807) is 0 Å². The van der Waals surface area contributed by atoms with Crippen LogP contribution in [0.3, 0.4) is 0 Å². The fourth-order valence-electron chi connectivity index (χ4n) is 1.96. The minimum absolute atomic E-state index is 0.0458. The first-order valence-electron chi connectivity index (χ1n) is 6.17. The van der Waals surface area contributed by atoms with Crippen LogP contribution in [0.25, 0.3) is 0 Å². The van der Waals surface area contributed by atoms with Gasteiger partial charge in [-0.2, -0.15) is 13.2 Å². The molecule has 0 saturated carbocycles. The molecule has 1 aliphatic heterocycles. The molecule has 110 valence electrons. The van der Waals surface area contributed by atoms with E-state index < -0.39 is 24.0 Å². The summed E-state index contributed by atoms with van der Waals surface area (Å²) < 4.78 is 37.2. The second kappa shape index (κ2) is 6.74. The number of carbonyl (C=O) groups excluding carboxylic acids is 2. The van der Waals surface area contributed by atoms with Crippen LogP contribution in [0.15, 0.2) is 0 Å². The van der Waals surface area contributed by atoms with E-state index in [4.69, 9.17) is 5.73 Å². The van der Waals surface area contributed by atoms with Crippen LogP contribution in [-0.4, -0.2) is 37.1 Å². The lowest BCUT2D eigenvalue weighted by Crippen LogP contribution is -2.51. The van der Waals surface area contributed by atoms with Gasteiger partial charge in [-0.05, 0) is 19.3 Å². The minimum atomic E-state index is -4.21. The number of hydrogen-bond acceptors (Lipinski definition) is 3. The molecule has 0 aromatic heterocycles. The Kier molecular flexibility index (Phi) is 5.59. The number of halogens is 3. The summed E-state index contributed by atoms with van der Waals surface area (Å²) >= 11 is 0. The van der Waals surface area contributed by atoms with Gasteiger partial charge in [-0.25, -0.2) is 0 Å². The van der Waals surface area contributed by atoms with Crippen LogP contribution in [0.2, 0.25) is 0 Å². The first-order valence-corrected chi connectivity index (χ1v) is 6.17. The highest BCUT2D eigenvalue weighted by Gasteiger charge is 2.42. The van der Waals surface area contributed by atoms with E-state index in [2.05, 4.69) is 10.6 Å². The molecule has 1 rings (SSSR count). The SMILES string of the molecule is NC(=O)CCCNC(=O)C1CCC(C(F)(F)F)CN1. The summed E-state index contributed by atoms with van der Waals surface area (Å²) in [5.74, 6) is -2.16. The van der Waals surface area contributed by atoms with E-state index in [1.165, 1.54) is 0 Å². The van der Waals surface area contributed by atoms with Gasteiger partial charge in [0.15, 0.2) is 0 Å². The van der Waals surface area contributed by atoms with Gasteiger partial charge in [0.25, 0.3) is 0 Å². The second-order valence-corrected chi connectivity index (χ2v) is 4.64. The smallest absolute Gasteiger partial charge is 0.370 e. The summed E-state index contributed by atoms with van der Waals surface area (Å²) in [5.41, 5.74) is 4.94. The van der Waals surface area contributed by atoms with Gasteiger partial charge in [0, 0.05) is 19.5 Å². The number of rotatable bonds is 5. The number of piperidine rings is 1. The molecule has 1 aliphatic rings. The summed E-state index contributed by atoms with van der Waals surface area (Å²) in [6.07, 6.45) is -3.49. The largest absolute Gasteiger partial charge is 0.393 e. The van der Waals surface area contributed by atoms with Crippen LogP contribution in [-0.2, 0) is 9.59 Å². The van der Waals surface area contributed by atoms with E-state index in [-0.39, 0.29) is 31.7 Å². The van der Waals surface area contributed by atoms with Crippen LogP contribution in [0, 0.1) is 5.92 Å².